The zero-order chi connectivity index (χ0) is 12.6. The molecule has 0 aliphatic rings. The molecule has 0 saturated heterocycles. The molecule has 1 aromatic heterocycles. The number of rotatable bonds is 6. The lowest BCUT2D eigenvalue weighted by molar-refractivity contribution is 0.277. The maximum absolute atomic E-state index is 8.97. The van der Waals surface area contributed by atoms with Crippen LogP contribution in [0.2, 0.25) is 0 Å². The molecule has 18 heavy (non-hydrogen) atoms. The van der Waals surface area contributed by atoms with Gasteiger partial charge in [-0.1, -0.05) is 24.3 Å². The fraction of sp³-hybridized carbons (Fsp3) is 0.214. The molecular formula is C14H16N2O2. The number of aromatic nitrogens is 1. The molecule has 1 heterocycles. The normalized spacial score (nSPS) is 10.1. The van der Waals surface area contributed by atoms with E-state index >= 15 is 0 Å². The average Bonchev–Trinajstić information content (AvgIpc) is 2.45. The van der Waals surface area contributed by atoms with Crippen LogP contribution in [0.1, 0.15) is 5.69 Å². The molecule has 0 bridgehead atoms. The second kappa shape index (κ2) is 6.61. The first kappa shape index (κ1) is 12.4. The highest BCUT2D eigenvalue weighted by molar-refractivity contribution is 5.35. The largest absolute Gasteiger partial charge is 0.492 e. The molecule has 4 heteroatoms. The summed E-state index contributed by atoms with van der Waals surface area (Å²) < 4.78 is 5.54. The van der Waals surface area contributed by atoms with Crippen molar-refractivity contribution in [2.75, 3.05) is 18.5 Å². The average molecular weight is 244 g/mol. The van der Waals surface area contributed by atoms with E-state index in [1.807, 2.05) is 42.5 Å². The standard InChI is InChI=1S/C14H16N2O2/c17-11-12-5-4-8-14(16-12)15-9-10-18-13-6-2-1-3-7-13/h1-8,17H,9-11H2,(H,15,16). The molecule has 0 radical (unpaired) electrons. The van der Waals surface area contributed by atoms with E-state index in [-0.39, 0.29) is 6.61 Å². The molecule has 0 aliphatic carbocycles. The molecular weight excluding hydrogens is 228 g/mol. The van der Waals surface area contributed by atoms with Crippen LogP contribution in [0.25, 0.3) is 0 Å². The molecule has 4 nitrogen and oxygen atoms in total. The van der Waals surface area contributed by atoms with Gasteiger partial charge >= 0.3 is 0 Å². The van der Waals surface area contributed by atoms with Crippen LogP contribution in [0.15, 0.2) is 48.5 Å². The van der Waals surface area contributed by atoms with E-state index in [0.29, 0.717) is 18.8 Å². The van der Waals surface area contributed by atoms with E-state index in [0.717, 1.165) is 11.6 Å². The van der Waals surface area contributed by atoms with Crippen LogP contribution in [0.3, 0.4) is 0 Å². The third-order valence-electron chi connectivity index (χ3n) is 2.39. The first-order chi connectivity index (χ1) is 8.88. The Labute approximate surface area is 106 Å². The number of para-hydroxylation sites is 1. The predicted octanol–water partition coefficient (Wildman–Crippen LogP) is 2.06. The number of pyridine rings is 1. The van der Waals surface area contributed by atoms with Crippen molar-refractivity contribution in [1.82, 2.24) is 4.98 Å². The van der Waals surface area contributed by atoms with Gasteiger partial charge in [0.25, 0.3) is 0 Å². The van der Waals surface area contributed by atoms with Crippen molar-refractivity contribution >= 4 is 5.82 Å². The van der Waals surface area contributed by atoms with Gasteiger partial charge in [-0.05, 0) is 24.3 Å². The van der Waals surface area contributed by atoms with E-state index in [2.05, 4.69) is 10.3 Å². The number of nitrogens with zero attached hydrogens (tertiary/aromatic N) is 1. The van der Waals surface area contributed by atoms with E-state index in [9.17, 15) is 0 Å². The Kier molecular flexibility index (Phi) is 4.55. The van der Waals surface area contributed by atoms with Crippen LogP contribution >= 0.6 is 0 Å². The fourth-order valence-electron chi connectivity index (χ4n) is 1.53. The summed E-state index contributed by atoms with van der Waals surface area (Å²) in [5.41, 5.74) is 0.656. The summed E-state index contributed by atoms with van der Waals surface area (Å²) in [7, 11) is 0. The molecule has 2 N–H and O–H groups in total. The topological polar surface area (TPSA) is 54.4 Å². The van der Waals surface area contributed by atoms with Gasteiger partial charge in [0, 0.05) is 0 Å². The molecule has 0 spiro atoms. The molecule has 0 saturated carbocycles. The Morgan fingerprint density at radius 3 is 2.67 bits per heavy atom. The molecule has 0 aliphatic heterocycles. The summed E-state index contributed by atoms with van der Waals surface area (Å²) in [5, 5.41) is 12.1. The van der Waals surface area contributed by atoms with E-state index in [1.165, 1.54) is 0 Å². The van der Waals surface area contributed by atoms with Gasteiger partial charge in [0.05, 0.1) is 18.8 Å². The summed E-state index contributed by atoms with van der Waals surface area (Å²) in [6, 6.07) is 15.2. The number of anilines is 1. The van der Waals surface area contributed by atoms with Gasteiger partial charge in [-0.3, -0.25) is 0 Å². The van der Waals surface area contributed by atoms with Crippen molar-refractivity contribution < 1.29 is 9.84 Å². The van der Waals surface area contributed by atoms with Crippen molar-refractivity contribution in [1.29, 1.82) is 0 Å². The smallest absolute Gasteiger partial charge is 0.126 e. The first-order valence-electron chi connectivity index (χ1n) is 5.87. The highest BCUT2D eigenvalue weighted by Crippen LogP contribution is 2.08. The highest BCUT2D eigenvalue weighted by atomic mass is 16.5. The van der Waals surface area contributed by atoms with Crippen LogP contribution in [0, 0.1) is 0 Å². The van der Waals surface area contributed by atoms with Crippen LogP contribution in [-0.4, -0.2) is 23.2 Å². The predicted molar refractivity (Wildman–Crippen MR) is 70.6 cm³/mol. The summed E-state index contributed by atoms with van der Waals surface area (Å²) in [5.74, 6) is 1.61. The Morgan fingerprint density at radius 2 is 1.89 bits per heavy atom. The monoisotopic (exact) mass is 244 g/mol. The fourth-order valence-corrected chi connectivity index (χ4v) is 1.53. The number of benzene rings is 1. The third-order valence-corrected chi connectivity index (χ3v) is 2.39. The van der Waals surface area contributed by atoms with Crippen molar-refractivity contribution in [2.24, 2.45) is 0 Å². The van der Waals surface area contributed by atoms with Gasteiger partial charge < -0.3 is 15.2 Å². The van der Waals surface area contributed by atoms with Gasteiger partial charge in [0.2, 0.25) is 0 Å². The second-order valence-corrected chi connectivity index (χ2v) is 3.76. The minimum Gasteiger partial charge on any atom is -0.492 e. The minimum absolute atomic E-state index is 0.0456. The number of hydrogen-bond acceptors (Lipinski definition) is 4. The van der Waals surface area contributed by atoms with E-state index in [4.69, 9.17) is 9.84 Å². The molecule has 2 rings (SSSR count). The molecule has 0 unspecified atom stereocenters. The van der Waals surface area contributed by atoms with Crippen molar-refractivity contribution in [3.05, 3.63) is 54.2 Å². The first-order valence-corrected chi connectivity index (χ1v) is 5.87. The van der Waals surface area contributed by atoms with Crippen molar-refractivity contribution in [3.8, 4) is 5.75 Å². The number of hydrogen-bond donors (Lipinski definition) is 2. The van der Waals surface area contributed by atoms with Crippen LogP contribution in [0.5, 0.6) is 5.75 Å². The molecule has 1 aromatic carbocycles. The van der Waals surface area contributed by atoms with Gasteiger partial charge in [-0.25, -0.2) is 4.98 Å². The molecule has 0 fully saturated rings. The zero-order valence-electron chi connectivity index (χ0n) is 10.0. The Hall–Kier alpha value is -2.07. The summed E-state index contributed by atoms with van der Waals surface area (Å²) in [6.07, 6.45) is 0. The van der Waals surface area contributed by atoms with Crippen LogP contribution < -0.4 is 10.1 Å². The second-order valence-electron chi connectivity index (χ2n) is 3.76. The Balaban J connectivity index is 1.75. The van der Waals surface area contributed by atoms with Gasteiger partial charge in [-0.15, -0.1) is 0 Å². The maximum Gasteiger partial charge on any atom is 0.126 e. The Bertz CT molecular complexity index is 474. The molecule has 94 valence electrons. The zero-order valence-corrected chi connectivity index (χ0v) is 10.0. The lowest BCUT2D eigenvalue weighted by atomic mass is 10.3. The molecule has 0 atom stereocenters. The summed E-state index contributed by atoms with van der Waals surface area (Å²) >= 11 is 0. The highest BCUT2D eigenvalue weighted by Gasteiger charge is 1.96. The number of ether oxygens (including phenoxy) is 1. The lowest BCUT2D eigenvalue weighted by Gasteiger charge is -2.08. The maximum atomic E-state index is 8.97. The minimum atomic E-state index is -0.0456. The van der Waals surface area contributed by atoms with E-state index < -0.39 is 0 Å². The van der Waals surface area contributed by atoms with Crippen LogP contribution in [0.4, 0.5) is 5.82 Å². The SMILES string of the molecule is OCc1cccc(NCCOc2ccccc2)n1. The third kappa shape index (κ3) is 3.75. The van der Waals surface area contributed by atoms with Crippen LogP contribution in [-0.2, 0) is 6.61 Å². The number of aliphatic hydroxyl groups is 1. The van der Waals surface area contributed by atoms with Crippen molar-refractivity contribution in [3.63, 3.8) is 0 Å². The molecule has 2 aromatic rings. The van der Waals surface area contributed by atoms with Crippen molar-refractivity contribution in [2.45, 2.75) is 6.61 Å². The van der Waals surface area contributed by atoms with Gasteiger partial charge in [0.1, 0.15) is 18.2 Å². The quantitative estimate of drug-likeness (QED) is 0.764. The molecule has 0 amide bonds. The number of nitrogens with one attached hydrogen (secondary N) is 1. The lowest BCUT2D eigenvalue weighted by Crippen LogP contribution is -2.12. The number of aliphatic hydroxyl groups excluding tert-OH is 1. The summed E-state index contributed by atoms with van der Waals surface area (Å²) in [4.78, 5) is 4.22. The Morgan fingerprint density at radius 1 is 1.06 bits per heavy atom. The van der Waals surface area contributed by atoms with Gasteiger partial charge in [-0.2, -0.15) is 0 Å². The van der Waals surface area contributed by atoms with Gasteiger partial charge in [0.15, 0.2) is 0 Å². The van der Waals surface area contributed by atoms with E-state index in [1.54, 1.807) is 6.07 Å². The summed E-state index contributed by atoms with van der Waals surface area (Å²) in [6.45, 7) is 1.18.